The normalized spacial score (nSPS) is 11.9. The number of carbonyl (C=O) groups is 2. The highest BCUT2D eigenvalue weighted by Crippen LogP contribution is 2.38. The molecule has 0 saturated heterocycles. The number of nitrogens with zero attached hydrogens (tertiary/aromatic N) is 3. The van der Waals surface area contributed by atoms with Crippen molar-refractivity contribution in [1.29, 1.82) is 0 Å². The van der Waals surface area contributed by atoms with E-state index in [9.17, 15) is 22.8 Å². The molecule has 11 heteroatoms. The number of nitrogens with one attached hydrogen (secondary N) is 1. The van der Waals surface area contributed by atoms with Crippen molar-refractivity contribution >= 4 is 23.2 Å². The Morgan fingerprint density at radius 2 is 1.69 bits per heavy atom. The summed E-state index contributed by atoms with van der Waals surface area (Å²) in [5.41, 5.74) is 1.90. The average molecular weight is 625 g/mol. The molecule has 0 saturated carbocycles. The Kier molecular flexibility index (Phi) is 10.5. The van der Waals surface area contributed by atoms with Gasteiger partial charge in [0.05, 0.1) is 36.4 Å². The Bertz CT molecular complexity index is 1660. The summed E-state index contributed by atoms with van der Waals surface area (Å²) in [6.07, 6.45) is 0.475. The van der Waals surface area contributed by atoms with Crippen LogP contribution in [0.1, 0.15) is 70.9 Å². The largest absolute Gasteiger partial charge is 0.494 e. The van der Waals surface area contributed by atoms with Crippen LogP contribution in [-0.4, -0.2) is 39.7 Å². The Labute approximate surface area is 261 Å². The second-order valence-corrected chi connectivity index (χ2v) is 11.9. The predicted molar refractivity (Wildman–Crippen MR) is 167 cm³/mol. The molecule has 45 heavy (non-hydrogen) atoms. The lowest BCUT2D eigenvalue weighted by atomic mass is 9.95. The number of benzene rings is 2. The lowest BCUT2D eigenvalue weighted by molar-refractivity contribution is -0.143. The summed E-state index contributed by atoms with van der Waals surface area (Å²) in [5, 5.41) is 7.44. The van der Waals surface area contributed by atoms with Crippen LogP contribution in [0.4, 0.5) is 18.9 Å². The smallest absolute Gasteiger partial charge is 0.417 e. The average Bonchev–Trinajstić information content (AvgIpc) is 3.40. The number of halogens is 3. The number of esters is 1. The van der Waals surface area contributed by atoms with Gasteiger partial charge < -0.3 is 14.8 Å². The van der Waals surface area contributed by atoms with Gasteiger partial charge in [0.25, 0.3) is 0 Å². The maximum atomic E-state index is 14.0. The van der Waals surface area contributed by atoms with Crippen LogP contribution in [0.15, 0.2) is 54.7 Å². The number of hydrogen-bond acceptors (Lipinski definition) is 6. The summed E-state index contributed by atoms with van der Waals surface area (Å²) >= 11 is 0. The van der Waals surface area contributed by atoms with Gasteiger partial charge in [0.15, 0.2) is 5.65 Å². The van der Waals surface area contributed by atoms with Gasteiger partial charge in [-0.15, -0.1) is 0 Å². The molecule has 0 aliphatic rings. The van der Waals surface area contributed by atoms with E-state index >= 15 is 0 Å². The van der Waals surface area contributed by atoms with E-state index in [0.717, 1.165) is 30.0 Å². The molecule has 240 valence electrons. The van der Waals surface area contributed by atoms with Crippen LogP contribution < -0.4 is 10.1 Å². The molecule has 2 heterocycles. The highest BCUT2D eigenvalue weighted by molar-refractivity contribution is 5.95. The van der Waals surface area contributed by atoms with Crippen molar-refractivity contribution in [1.82, 2.24) is 14.6 Å². The first-order chi connectivity index (χ1) is 21.3. The molecule has 8 nitrogen and oxygen atoms in total. The Morgan fingerprint density at radius 1 is 0.933 bits per heavy atom. The van der Waals surface area contributed by atoms with E-state index in [-0.39, 0.29) is 23.1 Å². The molecular weight excluding hydrogens is 585 g/mol. The summed E-state index contributed by atoms with van der Waals surface area (Å²) in [4.78, 5) is 28.6. The second-order valence-electron chi connectivity index (χ2n) is 11.9. The number of rotatable bonds is 12. The van der Waals surface area contributed by atoms with Gasteiger partial charge in [-0.25, -0.2) is 9.50 Å². The number of ether oxygens (including phenoxy) is 2. The SMILES string of the molecule is CCOC(=O)CCCCCCOc1ccc(C(F)(F)F)c(-c2ccc3nc(-c4ccc(C)c(NC(=O)C(C)(C)C)c4)cn3n2)c1. The summed E-state index contributed by atoms with van der Waals surface area (Å²) in [6, 6.07) is 12.4. The zero-order valence-electron chi connectivity index (χ0n) is 26.3. The number of imidazole rings is 1. The monoisotopic (exact) mass is 624 g/mol. The fourth-order valence-corrected chi connectivity index (χ4v) is 4.61. The molecule has 0 spiro atoms. The standard InChI is InChI=1S/C34H39F3N4O4/c1-6-44-31(42)11-9-7-8-10-18-45-24-14-15-26(34(35,36)37)25(20-24)27-16-17-30-38-29(21-41(30)40-27)23-13-12-22(2)28(19-23)39-32(43)33(3,4)5/h12-17,19-21H,6-11,18H2,1-5H3,(H,39,43). The van der Waals surface area contributed by atoms with Crippen LogP contribution >= 0.6 is 0 Å². The van der Waals surface area contributed by atoms with Gasteiger partial charge in [0.1, 0.15) is 5.75 Å². The van der Waals surface area contributed by atoms with E-state index in [0.29, 0.717) is 55.3 Å². The molecular formula is C34H39F3N4O4. The lowest BCUT2D eigenvalue weighted by Crippen LogP contribution is -2.27. The van der Waals surface area contributed by atoms with Crippen molar-refractivity contribution in [2.24, 2.45) is 5.41 Å². The Hall–Kier alpha value is -4.41. The van der Waals surface area contributed by atoms with Crippen molar-refractivity contribution in [3.8, 4) is 28.3 Å². The predicted octanol–water partition coefficient (Wildman–Crippen LogP) is 8.27. The zero-order chi connectivity index (χ0) is 32.8. The van der Waals surface area contributed by atoms with E-state index in [1.165, 1.54) is 22.7 Å². The maximum Gasteiger partial charge on any atom is 0.417 e. The minimum Gasteiger partial charge on any atom is -0.494 e. The first-order valence-electron chi connectivity index (χ1n) is 15.0. The second kappa shape index (κ2) is 14.1. The number of alkyl halides is 3. The van der Waals surface area contributed by atoms with Gasteiger partial charge in [0.2, 0.25) is 5.91 Å². The molecule has 2 aromatic heterocycles. The molecule has 1 amide bonds. The van der Waals surface area contributed by atoms with E-state index in [1.54, 1.807) is 19.2 Å². The first-order valence-corrected chi connectivity index (χ1v) is 15.0. The van der Waals surface area contributed by atoms with Gasteiger partial charge in [-0.05, 0) is 68.7 Å². The van der Waals surface area contributed by atoms with Crippen molar-refractivity contribution < 1.29 is 32.2 Å². The third-order valence-electron chi connectivity index (χ3n) is 7.20. The summed E-state index contributed by atoms with van der Waals surface area (Å²) < 4.78 is 54.2. The number of anilines is 1. The van der Waals surface area contributed by atoms with Crippen LogP contribution in [0.25, 0.3) is 28.2 Å². The Morgan fingerprint density at radius 3 is 2.40 bits per heavy atom. The molecule has 0 radical (unpaired) electrons. The molecule has 2 aromatic carbocycles. The van der Waals surface area contributed by atoms with Gasteiger partial charge in [-0.1, -0.05) is 45.7 Å². The number of aromatic nitrogens is 3. The summed E-state index contributed by atoms with van der Waals surface area (Å²) in [7, 11) is 0. The van der Waals surface area contributed by atoms with Crippen molar-refractivity contribution in [3.05, 3.63) is 65.9 Å². The van der Waals surface area contributed by atoms with Gasteiger partial charge in [-0.3, -0.25) is 9.59 Å². The number of amides is 1. The fourth-order valence-electron chi connectivity index (χ4n) is 4.61. The molecule has 4 aromatic rings. The van der Waals surface area contributed by atoms with Gasteiger partial charge in [0, 0.05) is 28.7 Å². The summed E-state index contributed by atoms with van der Waals surface area (Å²) in [5.74, 6) is -0.0281. The highest BCUT2D eigenvalue weighted by atomic mass is 19.4. The minimum absolute atomic E-state index is 0.103. The maximum absolute atomic E-state index is 14.0. The van der Waals surface area contributed by atoms with Crippen LogP contribution in [0.3, 0.4) is 0 Å². The molecule has 0 atom stereocenters. The van der Waals surface area contributed by atoms with Gasteiger partial charge >= 0.3 is 12.1 Å². The Balaban J connectivity index is 1.52. The lowest BCUT2D eigenvalue weighted by Gasteiger charge is -2.19. The van der Waals surface area contributed by atoms with Crippen LogP contribution in [0.5, 0.6) is 5.75 Å². The topological polar surface area (TPSA) is 94.8 Å². The molecule has 0 aliphatic heterocycles. The molecule has 0 fully saturated rings. The zero-order valence-corrected chi connectivity index (χ0v) is 26.3. The molecule has 0 unspecified atom stereocenters. The number of aryl methyl sites for hydroxylation is 1. The first kappa shape index (κ1) is 33.5. The fraction of sp³-hybridized carbons (Fsp3) is 0.412. The number of unbranched alkanes of at least 4 members (excludes halogenated alkanes) is 3. The number of fused-ring (bicyclic) bond motifs is 1. The minimum atomic E-state index is -4.60. The third kappa shape index (κ3) is 8.83. The van der Waals surface area contributed by atoms with Crippen LogP contribution in [-0.2, 0) is 20.5 Å². The number of hydrogen-bond donors (Lipinski definition) is 1. The molecule has 1 N–H and O–H groups in total. The summed E-state index contributed by atoms with van der Waals surface area (Å²) in [6.45, 7) is 9.85. The van der Waals surface area contributed by atoms with Gasteiger partial charge in [-0.2, -0.15) is 18.3 Å². The van der Waals surface area contributed by atoms with E-state index in [4.69, 9.17) is 9.47 Å². The van der Waals surface area contributed by atoms with Crippen molar-refractivity contribution in [2.75, 3.05) is 18.5 Å². The number of carbonyl (C=O) groups excluding carboxylic acids is 2. The molecule has 0 aliphatic carbocycles. The van der Waals surface area contributed by atoms with E-state index < -0.39 is 17.2 Å². The van der Waals surface area contributed by atoms with Crippen LogP contribution in [0, 0.1) is 12.3 Å². The molecule has 4 rings (SSSR count). The van der Waals surface area contributed by atoms with Crippen molar-refractivity contribution in [3.63, 3.8) is 0 Å². The molecule has 0 bridgehead atoms. The quantitative estimate of drug-likeness (QED) is 0.126. The van der Waals surface area contributed by atoms with Crippen LogP contribution in [0.2, 0.25) is 0 Å². The third-order valence-corrected chi connectivity index (χ3v) is 7.20. The van der Waals surface area contributed by atoms with E-state index in [2.05, 4.69) is 15.4 Å². The van der Waals surface area contributed by atoms with Crippen molar-refractivity contribution in [2.45, 2.75) is 72.9 Å². The highest BCUT2D eigenvalue weighted by Gasteiger charge is 2.34. The van der Waals surface area contributed by atoms with E-state index in [1.807, 2.05) is 45.9 Å².